The topological polar surface area (TPSA) is 0 Å². The molecule has 0 bridgehead atoms. The fraction of sp³-hybridized carbons (Fsp3) is 0.0909. The summed E-state index contributed by atoms with van der Waals surface area (Å²) in [5.41, 5.74) is 5.16. The van der Waals surface area contributed by atoms with Crippen LogP contribution in [0.1, 0.15) is 22.3 Å². The van der Waals surface area contributed by atoms with E-state index in [0.29, 0.717) is 29.9 Å². The van der Waals surface area contributed by atoms with Gasteiger partial charge < -0.3 is 0 Å². The molecule has 0 saturated heterocycles. The summed E-state index contributed by atoms with van der Waals surface area (Å²) in [6, 6.07) is 17.4. The van der Waals surface area contributed by atoms with Crippen molar-refractivity contribution in [1.29, 1.82) is 0 Å². The van der Waals surface area contributed by atoms with E-state index in [4.69, 9.17) is 0 Å². The zero-order valence-electron chi connectivity index (χ0n) is 13.9. The van der Waals surface area contributed by atoms with Crippen molar-refractivity contribution in [3.8, 4) is 0 Å². The molecule has 1 aliphatic heterocycles. The van der Waals surface area contributed by atoms with Crippen LogP contribution < -0.4 is 0 Å². The van der Waals surface area contributed by atoms with E-state index in [9.17, 15) is 0 Å². The van der Waals surface area contributed by atoms with E-state index in [2.05, 4.69) is 97.7 Å². The first-order valence-corrected chi connectivity index (χ1v) is 11.5. The van der Waals surface area contributed by atoms with Crippen LogP contribution in [0.3, 0.4) is 0 Å². The minimum absolute atomic E-state index is 0.485. The first-order valence-electron chi connectivity index (χ1n) is 7.93. The third kappa shape index (κ3) is 5.23. The van der Waals surface area contributed by atoms with Crippen LogP contribution in [0.15, 0.2) is 79.6 Å². The maximum atomic E-state index is 2.42. The number of aryl methyl sites for hydroxylation is 2. The molecule has 2 aromatic carbocycles. The Morgan fingerprint density at radius 1 is 0.708 bits per heavy atom. The molecule has 3 rings (SSSR count). The third-order valence-corrected chi connectivity index (χ3v) is 9.63. The van der Waals surface area contributed by atoms with Crippen LogP contribution in [0.5, 0.6) is 0 Å². The summed E-state index contributed by atoms with van der Waals surface area (Å²) in [5.74, 6) is 0. The van der Waals surface area contributed by atoms with Crippen molar-refractivity contribution in [1.82, 2.24) is 0 Å². The molecular formula is C22H20Se2. The van der Waals surface area contributed by atoms with Crippen LogP contribution in [-0.4, -0.2) is 29.9 Å². The van der Waals surface area contributed by atoms with Gasteiger partial charge in [0.2, 0.25) is 0 Å². The van der Waals surface area contributed by atoms with E-state index in [0.717, 1.165) is 0 Å². The molecule has 0 unspecified atom stereocenters. The van der Waals surface area contributed by atoms with E-state index < -0.39 is 0 Å². The van der Waals surface area contributed by atoms with Gasteiger partial charge in [0.25, 0.3) is 0 Å². The standard InChI is InChI=1S/C22H20Se2/c1-17-6-10-19(11-7-17)4-3-5-22-23-16-21(24-22)15-14-20-12-8-18(2)9-13-20/h3-16H,1-2H3/b4-3+,15-14+,22-5+. The van der Waals surface area contributed by atoms with Gasteiger partial charge in [-0.25, -0.2) is 0 Å². The molecule has 0 spiro atoms. The molecule has 0 aliphatic carbocycles. The van der Waals surface area contributed by atoms with Crippen molar-refractivity contribution in [3.05, 3.63) is 102 Å². The summed E-state index contributed by atoms with van der Waals surface area (Å²) in [5, 5.41) is 0. The minimum atomic E-state index is 0.485. The van der Waals surface area contributed by atoms with Crippen LogP contribution in [0, 0.1) is 13.8 Å². The first-order chi connectivity index (χ1) is 11.7. The molecule has 0 saturated carbocycles. The molecule has 0 N–H and O–H groups in total. The Kier molecular flexibility index (Phi) is 6.12. The van der Waals surface area contributed by atoms with Crippen molar-refractivity contribution >= 4 is 42.1 Å². The molecule has 120 valence electrons. The fourth-order valence-corrected chi connectivity index (χ4v) is 7.61. The Bertz CT molecular complexity index is 804. The first kappa shape index (κ1) is 17.3. The van der Waals surface area contributed by atoms with Crippen molar-refractivity contribution in [3.63, 3.8) is 0 Å². The van der Waals surface area contributed by atoms with E-state index in [1.54, 1.807) is 3.37 Å². The monoisotopic (exact) mass is 444 g/mol. The number of allylic oxidation sites excluding steroid dienone is 4. The molecule has 2 heteroatoms. The number of hydrogen-bond donors (Lipinski definition) is 0. The van der Waals surface area contributed by atoms with Gasteiger partial charge in [0.1, 0.15) is 0 Å². The summed E-state index contributed by atoms with van der Waals surface area (Å²) in [6.45, 7) is 4.25. The van der Waals surface area contributed by atoms with Crippen LogP contribution in [0.25, 0.3) is 12.2 Å². The van der Waals surface area contributed by atoms with Crippen molar-refractivity contribution in [2.45, 2.75) is 13.8 Å². The second kappa shape index (κ2) is 8.51. The Morgan fingerprint density at radius 3 is 1.92 bits per heavy atom. The summed E-state index contributed by atoms with van der Waals surface area (Å²) >= 11 is 1.00. The Labute approximate surface area is 157 Å². The molecule has 0 fully saturated rings. The van der Waals surface area contributed by atoms with Crippen LogP contribution in [-0.2, 0) is 0 Å². The van der Waals surface area contributed by atoms with Crippen LogP contribution in [0.2, 0.25) is 0 Å². The number of hydrogen-bond acceptors (Lipinski definition) is 0. The van der Waals surface area contributed by atoms with Crippen LogP contribution in [0.4, 0.5) is 0 Å². The van der Waals surface area contributed by atoms with Gasteiger partial charge in [-0.3, -0.25) is 0 Å². The summed E-state index contributed by atoms with van der Waals surface area (Å²) in [4.78, 5) is 2.42. The Hall–Kier alpha value is -1.56. The van der Waals surface area contributed by atoms with Crippen molar-refractivity contribution in [2.75, 3.05) is 0 Å². The Morgan fingerprint density at radius 2 is 1.29 bits per heavy atom. The van der Waals surface area contributed by atoms with Gasteiger partial charge in [0.05, 0.1) is 0 Å². The molecule has 0 aromatic heterocycles. The van der Waals surface area contributed by atoms with Crippen molar-refractivity contribution in [2.24, 2.45) is 0 Å². The molecular weight excluding hydrogens is 422 g/mol. The molecule has 0 nitrogen and oxygen atoms in total. The van der Waals surface area contributed by atoms with Crippen molar-refractivity contribution < 1.29 is 0 Å². The van der Waals surface area contributed by atoms with Gasteiger partial charge >= 0.3 is 158 Å². The average Bonchev–Trinajstić information content (AvgIpc) is 3.04. The van der Waals surface area contributed by atoms with Gasteiger partial charge in [0, 0.05) is 0 Å². The molecule has 2 aromatic rings. The fourth-order valence-electron chi connectivity index (χ4n) is 2.20. The Balaban J connectivity index is 1.56. The predicted octanol–water partition coefficient (Wildman–Crippen LogP) is 5.13. The zero-order chi connectivity index (χ0) is 16.8. The average molecular weight is 442 g/mol. The maximum absolute atomic E-state index is 2.42. The second-order valence-corrected chi connectivity index (χ2v) is 11.3. The van der Waals surface area contributed by atoms with Gasteiger partial charge in [-0.2, -0.15) is 0 Å². The normalized spacial score (nSPS) is 16.4. The predicted molar refractivity (Wildman–Crippen MR) is 108 cm³/mol. The summed E-state index contributed by atoms with van der Waals surface area (Å²) in [7, 11) is 0. The molecule has 0 amide bonds. The molecule has 0 radical (unpaired) electrons. The second-order valence-electron chi connectivity index (χ2n) is 5.74. The third-order valence-electron chi connectivity index (χ3n) is 3.63. The van der Waals surface area contributed by atoms with E-state index in [1.165, 1.54) is 26.7 Å². The van der Waals surface area contributed by atoms with Gasteiger partial charge in [-0.05, 0) is 0 Å². The molecule has 24 heavy (non-hydrogen) atoms. The van der Waals surface area contributed by atoms with E-state index >= 15 is 0 Å². The van der Waals surface area contributed by atoms with Gasteiger partial charge in [-0.15, -0.1) is 0 Å². The van der Waals surface area contributed by atoms with Gasteiger partial charge in [-0.1, -0.05) is 0 Å². The quantitative estimate of drug-likeness (QED) is 0.576. The van der Waals surface area contributed by atoms with E-state index in [-0.39, 0.29) is 0 Å². The van der Waals surface area contributed by atoms with Crippen LogP contribution >= 0.6 is 0 Å². The number of rotatable bonds is 4. The SMILES string of the molecule is Cc1ccc(/C=C/C=C2\[Se]C=C(/C=C/c3ccc(C)cc3)[Se]2)cc1. The zero-order valence-corrected chi connectivity index (χ0v) is 17.3. The molecule has 1 aliphatic rings. The molecule has 1 heterocycles. The van der Waals surface area contributed by atoms with E-state index in [1.807, 2.05) is 0 Å². The number of benzene rings is 2. The summed E-state index contributed by atoms with van der Waals surface area (Å²) < 4.78 is 3.10. The molecule has 0 atom stereocenters. The summed E-state index contributed by atoms with van der Waals surface area (Å²) in [6.07, 6.45) is 11.2. The van der Waals surface area contributed by atoms with Gasteiger partial charge in [0.15, 0.2) is 0 Å².